The minimum absolute atomic E-state index is 0.0495. The Labute approximate surface area is 376 Å². The first-order chi connectivity index (χ1) is 30.1. The van der Waals surface area contributed by atoms with Crippen molar-refractivity contribution in [3.05, 3.63) is 93.0 Å². The van der Waals surface area contributed by atoms with Crippen LogP contribution in [-0.2, 0) is 66.2 Å². The van der Waals surface area contributed by atoms with Crippen LogP contribution in [-0.4, -0.2) is 78.3 Å². The molecule has 0 fully saturated rings. The van der Waals surface area contributed by atoms with Gasteiger partial charge in [-0.1, -0.05) is 53.4 Å². The van der Waals surface area contributed by atoms with Crippen molar-refractivity contribution >= 4 is 40.5 Å². The van der Waals surface area contributed by atoms with E-state index in [1.165, 1.54) is 0 Å². The van der Waals surface area contributed by atoms with Gasteiger partial charge in [0.15, 0.2) is 0 Å². The van der Waals surface area contributed by atoms with E-state index in [1.807, 2.05) is 27.7 Å². The van der Waals surface area contributed by atoms with Crippen LogP contribution in [0.15, 0.2) is 68.1 Å². The Balaban J connectivity index is 2.04. The molecule has 0 unspecified atom stereocenters. The van der Waals surface area contributed by atoms with Crippen molar-refractivity contribution in [2.45, 2.75) is 124 Å². The summed E-state index contributed by atoms with van der Waals surface area (Å²) >= 11 is 0. The smallest absolute Gasteiger partial charge is 0.126 e. The molecule has 20 heteroatoms. The van der Waals surface area contributed by atoms with E-state index in [4.69, 9.17) is 18.9 Å². The molecule has 0 amide bonds. The summed E-state index contributed by atoms with van der Waals surface area (Å²) in [6.45, 7) is 7.95. The lowest BCUT2D eigenvalue weighted by Gasteiger charge is -2.25. The second-order valence-electron chi connectivity index (χ2n) is 15.6. The highest BCUT2D eigenvalue weighted by Crippen LogP contribution is 2.42. The summed E-state index contributed by atoms with van der Waals surface area (Å²) in [4.78, 5) is -2.84. The fraction of sp³-hybridized carbons (Fsp3) is 0.455. The molecule has 1 aliphatic rings. The molecule has 0 saturated heterocycles. The van der Waals surface area contributed by atoms with Crippen molar-refractivity contribution in [3.8, 4) is 23.0 Å². The molecule has 0 spiro atoms. The summed E-state index contributed by atoms with van der Waals surface area (Å²) in [7, 11) is -20.9. The minimum atomic E-state index is -5.22. The van der Waals surface area contributed by atoms with Crippen LogP contribution < -0.4 is 18.9 Å². The van der Waals surface area contributed by atoms with Crippen LogP contribution in [0, 0.1) is 0 Å². The largest absolute Gasteiger partial charge is 0.744 e. The maximum atomic E-state index is 12.9. The van der Waals surface area contributed by atoms with E-state index < -0.39 is 85.7 Å². The Bertz CT molecular complexity index is 2310. The van der Waals surface area contributed by atoms with E-state index >= 15 is 0 Å². The van der Waals surface area contributed by atoms with E-state index in [0.29, 0.717) is 51.4 Å². The van der Waals surface area contributed by atoms with Crippen LogP contribution in [0.2, 0.25) is 0 Å². The molecule has 0 atom stereocenters. The molecular formula is C44H52O16S4-4. The first-order valence-corrected chi connectivity index (χ1v) is 26.7. The molecule has 0 N–H and O–H groups in total. The molecule has 4 aromatic rings. The third-order valence-corrected chi connectivity index (χ3v) is 13.8. The Morgan fingerprint density at radius 2 is 0.500 bits per heavy atom. The summed E-state index contributed by atoms with van der Waals surface area (Å²) in [5.74, 6) is 0.233. The predicted molar refractivity (Wildman–Crippen MR) is 230 cm³/mol. The fourth-order valence-electron chi connectivity index (χ4n) is 7.35. The van der Waals surface area contributed by atoms with Crippen LogP contribution in [0.25, 0.3) is 0 Å². The molecular weight excluding hydrogens is 913 g/mol. The van der Waals surface area contributed by atoms with Crippen molar-refractivity contribution in [1.29, 1.82) is 0 Å². The lowest BCUT2D eigenvalue weighted by atomic mass is 9.91. The lowest BCUT2D eigenvalue weighted by molar-refractivity contribution is 0.297. The number of unbranched alkanes of at least 4 members (excludes halogenated alkanes) is 4. The van der Waals surface area contributed by atoms with Gasteiger partial charge in [-0.05, 0) is 74.2 Å². The summed E-state index contributed by atoms with van der Waals surface area (Å²) in [5, 5.41) is 0. The van der Waals surface area contributed by atoms with Gasteiger partial charge in [0.25, 0.3) is 0 Å². The molecule has 16 nitrogen and oxygen atoms in total. The summed E-state index contributed by atoms with van der Waals surface area (Å²) in [6.07, 6.45) is 3.16. The van der Waals surface area contributed by atoms with E-state index in [2.05, 4.69) is 0 Å². The third kappa shape index (κ3) is 13.0. The normalized spacial score (nSPS) is 13.4. The Hall–Kier alpha value is -4.28. The van der Waals surface area contributed by atoms with Crippen molar-refractivity contribution in [3.63, 3.8) is 0 Å². The maximum absolute atomic E-state index is 12.9. The molecule has 0 aromatic heterocycles. The summed E-state index contributed by atoms with van der Waals surface area (Å²) in [5.41, 5.74) is 0.396. The lowest BCUT2D eigenvalue weighted by Crippen LogP contribution is -2.14. The van der Waals surface area contributed by atoms with Crippen LogP contribution in [0.1, 0.15) is 124 Å². The number of fused-ring (bicyclic) bond motifs is 8. The van der Waals surface area contributed by atoms with Gasteiger partial charge < -0.3 is 37.2 Å². The number of benzene rings is 4. The summed E-state index contributed by atoms with van der Waals surface area (Å²) in [6, 6.07) is 8.57. The molecule has 0 radical (unpaired) electrons. The molecule has 4 aromatic carbocycles. The van der Waals surface area contributed by atoms with Gasteiger partial charge in [0.2, 0.25) is 0 Å². The number of hydrogen-bond donors (Lipinski definition) is 0. The summed E-state index contributed by atoms with van der Waals surface area (Å²) < 4.78 is 180. The van der Waals surface area contributed by atoms with Gasteiger partial charge in [0.05, 0.1) is 46.0 Å². The Morgan fingerprint density at radius 1 is 0.344 bits per heavy atom. The molecule has 0 aliphatic heterocycles. The van der Waals surface area contributed by atoms with E-state index in [-0.39, 0.29) is 93.9 Å². The minimum Gasteiger partial charge on any atom is -0.744 e. The first kappa shape index (κ1) is 50.7. The molecule has 64 heavy (non-hydrogen) atoms. The van der Waals surface area contributed by atoms with E-state index in [0.717, 1.165) is 48.5 Å². The topological polar surface area (TPSA) is 266 Å². The average molecular weight is 965 g/mol. The third-order valence-electron chi connectivity index (χ3n) is 10.5. The van der Waals surface area contributed by atoms with Crippen LogP contribution in [0.5, 0.6) is 23.0 Å². The number of hydrogen-bond acceptors (Lipinski definition) is 16. The fourth-order valence-corrected chi connectivity index (χ4v) is 9.65. The zero-order valence-electron chi connectivity index (χ0n) is 36.1. The predicted octanol–water partition coefficient (Wildman–Crippen LogP) is 6.70. The molecule has 8 bridgehead atoms. The van der Waals surface area contributed by atoms with Gasteiger partial charge in [0.1, 0.15) is 63.5 Å². The Morgan fingerprint density at radius 3 is 0.625 bits per heavy atom. The van der Waals surface area contributed by atoms with Crippen molar-refractivity contribution in [2.24, 2.45) is 0 Å². The van der Waals surface area contributed by atoms with Gasteiger partial charge >= 0.3 is 0 Å². The Kier molecular flexibility index (Phi) is 16.9. The van der Waals surface area contributed by atoms with Crippen LogP contribution in [0.4, 0.5) is 0 Å². The number of rotatable bonds is 20. The van der Waals surface area contributed by atoms with Crippen LogP contribution >= 0.6 is 0 Å². The number of ether oxygens (including phenoxy) is 4. The van der Waals surface area contributed by atoms with Gasteiger partial charge in [-0.2, -0.15) is 0 Å². The molecule has 5 rings (SSSR count). The molecule has 0 saturated carbocycles. The SMILES string of the molecule is CCCCOc1c2cc(S(=O)(=O)[O-])cc1Cc1cc(S(=O)(=O)[O-])cc(c1OCCCC)Cc1cc(S(=O)(=O)[O-])cc(c1OCCCC)Cc1cc(S(=O)(=O)[O-])cc(c1OCCCC)C2. The molecule has 1 aliphatic carbocycles. The van der Waals surface area contributed by atoms with Crippen molar-refractivity contribution < 1.29 is 70.8 Å². The van der Waals surface area contributed by atoms with Gasteiger partial charge in [-0.3, -0.25) is 0 Å². The molecule has 0 heterocycles. The molecule has 352 valence electrons. The van der Waals surface area contributed by atoms with E-state index in [9.17, 15) is 51.9 Å². The first-order valence-electron chi connectivity index (χ1n) is 21.1. The van der Waals surface area contributed by atoms with Crippen molar-refractivity contribution in [2.75, 3.05) is 26.4 Å². The second kappa shape index (κ2) is 21.4. The average Bonchev–Trinajstić information content (AvgIpc) is 3.19. The van der Waals surface area contributed by atoms with Crippen LogP contribution in [0.3, 0.4) is 0 Å². The zero-order valence-corrected chi connectivity index (χ0v) is 39.4. The zero-order chi connectivity index (χ0) is 47.0. The highest BCUT2D eigenvalue weighted by molar-refractivity contribution is 7.86. The van der Waals surface area contributed by atoms with Gasteiger partial charge in [0, 0.05) is 70.2 Å². The second-order valence-corrected chi connectivity index (χ2v) is 21.1. The standard InChI is InChI=1S/C44H56O16S4/c1-5-9-13-57-41-29-17-31-23-38(62(48,49)50)25-33(42(31)58-14-10-6-2)19-35-27-40(64(54,55)56)28-36(44(35)60-16-12-8-4)20-34-26-39(63(51,52)53)24-32(43(34)59-15-11-7-3)18-30(41)22-37(21-29)61(45,46)47/h21-28H,5-20H2,1-4H3,(H,45,46,47)(H,48,49,50)(H,51,52,53)(H,54,55,56)/p-4. The van der Waals surface area contributed by atoms with E-state index in [1.54, 1.807) is 0 Å². The highest BCUT2D eigenvalue weighted by Gasteiger charge is 2.27. The highest BCUT2D eigenvalue weighted by atomic mass is 32.2. The quantitative estimate of drug-likeness (QED) is 0.0580. The van der Waals surface area contributed by atoms with Gasteiger partial charge in [-0.15, -0.1) is 0 Å². The van der Waals surface area contributed by atoms with Crippen molar-refractivity contribution in [1.82, 2.24) is 0 Å². The monoisotopic (exact) mass is 964 g/mol. The van der Waals surface area contributed by atoms with Gasteiger partial charge in [-0.25, -0.2) is 33.7 Å². The maximum Gasteiger partial charge on any atom is 0.126 e.